The molecule has 2 aromatic heterocycles. The Morgan fingerprint density at radius 1 is 1.57 bits per heavy atom. The normalized spacial score (nSPS) is 10.4. The van der Waals surface area contributed by atoms with Gasteiger partial charge in [-0.05, 0) is 31.3 Å². The number of rotatable bonds is 2. The van der Waals surface area contributed by atoms with Crippen molar-refractivity contribution >= 4 is 12.2 Å². The van der Waals surface area contributed by atoms with Gasteiger partial charge in [0.25, 0.3) is 0 Å². The summed E-state index contributed by atoms with van der Waals surface area (Å²) in [4.78, 5) is 0. The highest BCUT2D eigenvalue weighted by Crippen LogP contribution is 2.00. The largest absolute Gasteiger partial charge is 0.298 e. The summed E-state index contributed by atoms with van der Waals surface area (Å²) >= 11 is 5.07. The smallest absolute Gasteiger partial charge is 0.195 e. The van der Waals surface area contributed by atoms with Crippen molar-refractivity contribution in [3.63, 3.8) is 0 Å². The predicted molar refractivity (Wildman–Crippen MR) is 53.3 cm³/mol. The van der Waals surface area contributed by atoms with Crippen LogP contribution in [-0.4, -0.2) is 25.0 Å². The molecule has 0 aliphatic heterocycles. The van der Waals surface area contributed by atoms with Crippen molar-refractivity contribution in [3.05, 3.63) is 34.6 Å². The Hall–Kier alpha value is -1.56. The highest BCUT2D eigenvalue weighted by atomic mass is 32.1. The van der Waals surface area contributed by atoms with E-state index in [4.69, 9.17) is 12.2 Å². The van der Waals surface area contributed by atoms with Crippen LogP contribution in [0.5, 0.6) is 0 Å². The molecule has 2 heterocycles. The third kappa shape index (κ3) is 1.69. The van der Waals surface area contributed by atoms with Crippen LogP contribution >= 0.6 is 12.2 Å². The molecule has 72 valence electrons. The number of H-pyrrole nitrogens is 1. The quantitative estimate of drug-likeness (QED) is 0.749. The molecule has 0 aromatic carbocycles. The van der Waals surface area contributed by atoms with Crippen LogP contribution in [0.3, 0.4) is 0 Å². The van der Waals surface area contributed by atoms with Crippen molar-refractivity contribution in [2.75, 3.05) is 0 Å². The van der Waals surface area contributed by atoms with Crippen molar-refractivity contribution in [1.82, 2.24) is 25.0 Å². The number of aromatic amines is 1. The number of aryl methyl sites for hydroxylation is 1. The summed E-state index contributed by atoms with van der Waals surface area (Å²) in [5, 5.41) is 14.5. The van der Waals surface area contributed by atoms with E-state index in [0.29, 0.717) is 11.3 Å². The third-order valence-corrected chi connectivity index (χ3v) is 2.21. The summed E-state index contributed by atoms with van der Waals surface area (Å²) in [5.74, 6) is 0.848. The zero-order valence-corrected chi connectivity index (χ0v) is 8.45. The van der Waals surface area contributed by atoms with Gasteiger partial charge < -0.3 is 0 Å². The molecule has 0 atom stereocenters. The lowest BCUT2D eigenvalue weighted by atomic mass is 10.4. The molecule has 0 saturated heterocycles. The maximum atomic E-state index is 5.07. The van der Waals surface area contributed by atoms with Gasteiger partial charge in [-0.3, -0.25) is 9.67 Å². The molecule has 0 spiro atoms. The molecule has 0 fully saturated rings. The van der Waals surface area contributed by atoms with Crippen LogP contribution < -0.4 is 0 Å². The van der Waals surface area contributed by atoms with Crippen LogP contribution in [0.25, 0.3) is 0 Å². The van der Waals surface area contributed by atoms with Crippen molar-refractivity contribution < 1.29 is 0 Å². The van der Waals surface area contributed by atoms with E-state index in [2.05, 4.69) is 20.4 Å². The van der Waals surface area contributed by atoms with Crippen LogP contribution in [0.1, 0.15) is 11.5 Å². The van der Waals surface area contributed by atoms with Gasteiger partial charge in [-0.25, -0.2) is 0 Å². The second-order valence-electron chi connectivity index (χ2n) is 2.88. The lowest BCUT2D eigenvalue weighted by molar-refractivity contribution is 0.717. The molecule has 5 nitrogen and oxygen atoms in total. The first-order valence-corrected chi connectivity index (χ1v) is 4.56. The Bertz CT molecular complexity index is 472. The molecule has 1 N–H and O–H groups in total. The first kappa shape index (κ1) is 9.01. The highest BCUT2D eigenvalue weighted by Gasteiger charge is 2.02. The van der Waals surface area contributed by atoms with E-state index in [1.807, 2.05) is 23.6 Å². The van der Waals surface area contributed by atoms with Crippen LogP contribution in [0.4, 0.5) is 0 Å². The maximum absolute atomic E-state index is 5.07. The predicted octanol–water partition coefficient (Wildman–Crippen LogP) is 1.09. The van der Waals surface area contributed by atoms with Gasteiger partial charge >= 0.3 is 0 Å². The summed E-state index contributed by atoms with van der Waals surface area (Å²) in [5.41, 5.74) is 0.869. The monoisotopic (exact) mass is 207 g/mol. The van der Waals surface area contributed by atoms with Crippen molar-refractivity contribution in [1.29, 1.82) is 0 Å². The Morgan fingerprint density at radius 2 is 2.43 bits per heavy atom. The zero-order valence-electron chi connectivity index (χ0n) is 7.64. The molecule has 0 aliphatic rings. The van der Waals surface area contributed by atoms with Gasteiger partial charge in [0.15, 0.2) is 4.77 Å². The summed E-state index contributed by atoms with van der Waals surface area (Å²) in [6.45, 7) is 2.50. The van der Waals surface area contributed by atoms with Crippen LogP contribution in [0, 0.1) is 11.7 Å². The summed E-state index contributed by atoms with van der Waals surface area (Å²) in [6, 6.07) is 3.75. The molecule has 0 amide bonds. The first-order chi connectivity index (χ1) is 6.77. The number of nitrogens with one attached hydrogen (secondary N) is 1. The first-order valence-electron chi connectivity index (χ1n) is 4.16. The minimum absolute atomic E-state index is 0.605. The van der Waals surface area contributed by atoms with Crippen molar-refractivity contribution in [3.8, 4) is 0 Å². The standard InChI is InChI=1S/C8H9N5S/c1-6-10-12-8(14)13(6)5-7-3-2-4-9-11-7/h2-4H,5H2,1H3,(H,12,14). The second-order valence-corrected chi connectivity index (χ2v) is 3.26. The molecule has 0 bridgehead atoms. The number of hydrogen-bond donors (Lipinski definition) is 1. The molecule has 0 unspecified atom stereocenters. The van der Waals surface area contributed by atoms with Gasteiger partial charge in [-0.2, -0.15) is 15.3 Å². The van der Waals surface area contributed by atoms with E-state index in [9.17, 15) is 0 Å². The lowest BCUT2D eigenvalue weighted by Crippen LogP contribution is -2.04. The lowest BCUT2D eigenvalue weighted by Gasteiger charge is -2.01. The van der Waals surface area contributed by atoms with Crippen LogP contribution in [0.2, 0.25) is 0 Å². The Labute approximate surface area is 85.8 Å². The Balaban J connectivity index is 2.32. The molecule has 14 heavy (non-hydrogen) atoms. The average molecular weight is 207 g/mol. The number of nitrogens with zero attached hydrogens (tertiary/aromatic N) is 4. The van der Waals surface area contributed by atoms with Gasteiger partial charge in [0.2, 0.25) is 0 Å². The fourth-order valence-electron chi connectivity index (χ4n) is 1.16. The van der Waals surface area contributed by atoms with Gasteiger partial charge in [0, 0.05) is 6.20 Å². The molecule has 6 heteroatoms. The van der Waals surface area contributed by atoms with Gasteiger partial charge in [-0.1, -0.05) is 0 Å². The van der Waals surface area contributed by atoms with Crippen LogP contribution in [0.15, 0.2) is 18.3 Å². The van der Waals surface area contributed by atoms with Crippen molar-refractivity contribution in [2.24, 2.45) is 0 Å². The van der Waals surface area contributed by atoms with E-state index in [1.54, 1.807) is 6.20 Å². The molecular formula is C8H9N5S. The molecule has 0 saturated carbocycles. The zero-order chi connectivity index (χ0) is 9.97. The van der Waals surface area contributed by atoms with Gasteiger partial charge in [-0.15, -0.1) is 0 Å². The van der Waals surface area contributed by atoms with Crippen LogP contribution in [-0.2, 0) is 6.54 Å². The molecule has 0 radical (unpaired) electrons. The van der Waals surface area contributed by atoms with Gasteiger partial charge in [0.05, 0.1) is 12.2 Å². The SMILES string of the molecule is Cc1n[nH]c(=S)n1Cc1cccnn1. The maximum Gasteiger partial charge on any atom is 0.195 e. The minimum atomic E-state index is 0.605. The van der Waals surface area contributed by atoms with E-state index in [1.165, 1.54) is 0 Å². The summed E-state index contributed by atoms with van der Waals surface area (Å²) in [6.07, 6.45) is 1.64. The number of aromatic nitrogens is 5. The summed E-state index contributed by atoms with van der Waals surface area (Å²) < 4.78 is 2.48. The Morgan fingerprint density at radius 3 is 3.00 bits per heavy atom. The topological polar surface area (TPSA) is 59.4 Å². The Kier molecular flexibility index (Phi) is 2.36. The molecule has 2 aromatic rings. The third-order valence-electron chi connectivity index (χ3n) is 1.90. The second kappa shape index (κ2) is 3.67. The van der Waals surface area contributed by atoms with Gasteiger partial charge in [0.1, 0.15) is 5.82 Å². The molecule has 2 rings (SSSR count). The highest BCUT2D eigenvalue weighted by molar-refractivity contribution is 7.71. The fraction of sp³-hybridized carbons (Fsp3) is 0.250. The number of hydrogen-bond acceptors (Lipinski definition) is 4. The molecular weight excluding hydrogens is 198 g/mol. The minimum Gasteiger partial charge on any atom is -0.298 e. The fourth-order valence-corrected chi connectivity index (χ4v) is 1.40. The van der Waals surface area contributed by atoms with E-state index >= 15 is 0 Å². The van der Waals surface area contributed by atoms with Crippen molar-refractivity contribution in [2.45, 2.75) is 13.5 Å². The average Bonchev–Trinajstić information content (AvgIpc) is 2.51. The van der Waals surface area contributed by atoms with E-state index in [-0.39, 0.29) is 0 Å². The summed E-state index contributed by atoms with van der Waals surface area (Å²) in [7, 11) is 0. The molecule has 0 aliphatic carbocycles. The van der Waals surface area contributed by atoms with E-state index < -0.39 is 0 Å². The van der Waals surface area contributed by atoms with E-state index in [0.717, 1.165) is 11.5 Å².